The van der Waals surface area contributed by atoms with Crippen molar-refractivity contribution in [2.75, 3.05) is 5.32 Å². The molecule has 28 heavy (non-hydrogen) atoms. The van der Waals surface area contributed by atoms with Crippen molar-refractivity contribution in [1.29, 1.82) is 0 Å². The topological polar surface area (TPSA) is 98.5 Å². The summed E-state index contributed by atoms with van der Waals surface area (Å²) < 4.78 is 20.5. The molecule has 0 fully saturated rings. The van der Waals surface area contributed by atoms with Gasteiger partial charge in [-0.25, -0.2) is 13.9 Å². The fourth-order valence-corrected chi connectivity index (χ4v) is 2.83. The quantitative estimate of drug-likeness (QED) is 0.655. The van der Waals surface area contributed by atoms with Gasteiger partial charge < -0.3 is 10.1 Å². The molecule has 0 saturated carbocycles. The number of amides is 1. The molecule has 0 radical (unpaired) electrons. The number of hydrogen-bond acceptors (Lipinski definition) is 6. The number of nitrogens with zero attached hydrogens (tertiary/aromatic N) is 4. The maximum Gasteiger partial charge on any atom is 0.311 e. The van der Waals surface area contributed by atoms with Crippen LogP contribution in [0.4, 0.5) is 10.1 Å². The van der Waals surface area contributed by atoms with E-state index in [1.807, 2.05) is 0 Å². The summed E-state index contributed by atoms with van der Waals surface area (Å²) in [5.41, 5.74) is 1.91. The highest BCUT2D eigenvalue weighted by Crippen LogP contribution is 2.19. The Hall–Kier alpha value is -3.07. The molecule has 146 valence electrons. The molecule has 3 rings (SSSR count). The van der Waals surface area contributed by atoms with Crippen molar-refractivity contribution >= 4 is 34.9 Å². The predicted octanol–water partition coefficient (Wildman–Crippen LogP) is 2.65. The summed E-state index contributed by atoms with van der Waals surface area (Å²) >= 11 is 5.68. The average Bonchev–Trinajstić information content (AvgIpc) is 3.09. The van der Waals surface area contributed by atoms with E-state index in [0.29, 0.717) is 22.7 Å². The van der Waals surface area contributed by atoms with Crippen molar-refractivity contribution in [3.63, 3.8) is 0 Å². The van der Waals surface area contributed by atoms with Gasteiger partial charge in [0.25, 0.3) is 11.7 Å². The Kier molecular flexibility index (Phi) is 5.55. The van der Waals surface area contributed by atoms with Gasteiger partial charge in [-0.1, -0.05) is 11.6 Å². The van der Waals surface area contributed by atoms with Crippen LogP contribution in [0, 0.1) is 19.7 Å². The van der Waals surface area contributed by atoms with Crippen LogP contribution in [0.2, 0.25) is 5.02 Å². The van der Waals surface area contributed by atoms with Crippen molar-refractivity contribution in [3.8, 4) is 0 Å². The van der Waals surface area contributed by atoms with Crippen molar-refractivity contribution < 1.29 is 18.7 Å². The molecule has 2 aromatic heterocycles. The van der Waals surface area contributed by atoms with Crippen LogP contribution in [0.25, 0.3) is 5.78 Å². The van der Waals surface area contributed by atoms with Crippen LogP contribution in [0.15, 0.2) is 24.5 Å². The zero-order valence-electron chi connectivity index (χ0n) is 15.4. The molecule has 0 saturated heterocycles. The molecule has 10 heteroatoms. The normalized spacial score (nSPS) is 12.0. The van der Waals surface area contributed by atoms with E-state index >= 15 is 0 Å². The first-order valence-corrected chi connectivity index (χ1v) is 8.75. The zero-order chi connectivity index (χ0) is 20.4. The number of halogens is 2. The largest absolute Gasteiger partial charge is 0.452 e. The van der Waals surface area contributed by atoms with Gasteiger partial charge in [-0.05, 0) is 39.0 Å². The van der Waals surface area contributed by atoms with Gasteiger partial charge in [-0.2, -0.15) is 10.1 Å². The minimum atomic E-state index is -1.12. The van der Waals surface area contributed by atoms with E-state index in [1.165, 1.54) is 29.9 Å². The van der Waals surface area contributed by atoms with Gasteiger partial charge in [0.1, 0.15) is 12.1 Å². The Morgan fingerprint density at radius 1 is 1.36 bits per heavy atom. The highest BCUT2D eigenvalue weighted by Gasteiger charge is 2.21. The molecule has 1 amide bonds. The fraction of sp³-hybridized carbons (Fsp3) is 0.278. The lowest BCUT2D eigenvalue weighted by Gasteiger charge is -2.15. The smallest absolute Gasteiger partial charge is 0.311 e. The Bertz CT molecular complexity index is 1070. The number of carbonyl (C=O) groups is 2. The summed E-state index contributed by atoms with van der Waals surface area (Å²) in [5, 5.41) is 6.63. The average molecular weight is 406 g/mol. The second kappa shape index (κ2) is 7.89. The first kappa shape index (κ1) is 19.7. The summed E-state index contributed by atoms with van der Waals surface area (Å²) in [7, 11) is 0. The van der Waals surface area contributed by atoms with Gasteiger partial charge in [0.05, 0.1) is 12.1 Å². The van der Waals surface area contributed by atoms with E-state index in [1.54, 1.807) is 13.8 Å². The van der Waals surface area contributed by atoms with Gasteiger partial charge in [0.2, 0.25) is 0 Å². The maximum absolute atomic E-state index is 13.8. The van der Waals surface area contributed by atoms with Crippen LogP contribution in [0.1, 0.15) is 23.9 Å². The number of rotatable bonds is 5. The molecule has 2 heterocycles. The fourth-order valence-electron chi connectivity index (χ4n) is 2.67. The molecule has 0 unspecified atom stereocenters. The number of aromatic nitrogens is 4. The molecule has 0 aliphatic rings. The van der Waals surface area contributed by atoms with Crippen molar-refractivity contribution in [2.24, 2.45) is 0 Å². The summed E-state index contributed by atoms with van der Waals surface area (Å²) in [4.78, 5) is 32.8. The lowest BCUT2D eigenvalue weighted by Crippen LogP contribution is -2.31. The van der Waals surface area contributed by atoms with E-state index < -0.39 is 23.8 Å². The molecular weight excluding hydrogens is 389 g/mol. The number of nitrogens with one attached hydrogen (secondary N) is 1. The van der Waals surface area contributed by atoms with Crippen LogP contribution < -0.4 is 5.32 Å². The summed E-state index contributed by atoms with van der Waals surface area (Å²) in [6, 6.07) is 3.85. The molecule has 0 aliphatic carbocycles. The molecular formula is C18H17ClFN5O3. The third kappa shape index (κ3) is 4.09. The SMILES string of the molecule is Cc1nc2ncnn2c(C)c1CC(=O)O[C@@H](C)C(=O)Nc1ccc(Cl)cc1F. The molecule has 8 nitrogen and oxygen atoms in total. The lowest BCUT2D eigenvalue weighted by atomic mass is 10.1. The van der Waals surface area contributed by atoms with Crippen molar-refractivity contribution in [3.05, 3.63) is 52.3 Å². The Morgan fingerprint density at radius 2 is 2.11 bits per heavy atom. The summed E-state index contributed by atoms with van der Waals surface area (Å²) in [6.07, 6.45) is 0.165. The Balaban J connectivity index is 1.66. The Morgan fingerprint density at radius 3 is 2.82 bits per heavy atom. The lowest BCUT2D eigenvalue weighted by molar-refractivity contribution is -0.152. The van der Waals surface area contributed by atoms with E-state index in [4.69, 9.17) is 16.3 Å². The highest BCUT2D eigenvalue weighted by atomic mass is 35.5. The standard InChI is InChI=1S/C18H17ClFN5O3/c1-9-13(10(2)25-18(23-9)21-8-22-25)7-16(26)28-11(3)17(27)24-15-5-4-12(19)6-14(15)20/h4-6,8,11H,7H2,1-3H3,(H,24,27)/t11-/m0/s1. The monoisotopic (exact) mass is 405 g/mol. The third-order valence-corrected chi connectivity index (χ3v) is 4.41. The number of anilines is 1. The van der Waals surface area contributed by atoms with Crippen LogP contribution >= 0.6 is 11.6 Å². The van der Waals surface area contributed by atoms with Crippen LogP contribution in [0.3, 0.4) is 0 Å². The number of benzene rings is 1. The molecule has 0 aliphatic heterocycles. The number of aryl methyl sites for hydroxylation is 2. The molecule has 0 bridgehead atoms. The van der Waals surface area contributed by atoms with Gasteiger partial charge in [-0.3, -0.25) is 9.59 Å². The third-order valence-electron chi connectivity index (χ3n) is 4.18. The number of carbonyl (C=O) groups excluding carboxylic acids is 2. The van der Waals surface area contributed by atoms with Crippen molar-refractivity contribution in [2.45, 2.75) is 33.3 Å². The van der Waals surface area contributed by atoms with E-state index in [9.17, 15) is 14.0 Å². The number of ether oxygens (including phenoxy) is 1. The van der Waals surface area contributed by atoms with Crippen LogP contribution in [0.5, 0.6) is 0 Å². The van der Waals surface area contributed by atoms with E-state index in [2.05, 4.69) is 20.4 Å². The van der Waals surface area contributed by atoms with E-state index in [0.717, 1.165) is 6.07 Å². The number of esters is 1. The molecule has 1 N–H and O–H groups in total. The maximum atomic E-state index is 13.8. The van der Waals surface area contributed by atoms with Gasteiger partial charge in [-0.15, -0.1) is 0 Å². The molecule has 3 aromatic rings. The molecule has 1 atom stereocenters. The van der Waals surface area contributed by atoms with Gasteiger partial charge >= 0.3 is 5.97 Å². The highest BCUT2D eigenvalue weighted by molar-refractivity contribution is 6.30. The predicted molar refractivity (Wildman–Crippen MR) is 99.6 cm³/mol. The zero-order valence-corrected chi connectivity index (χ0v) is 16.1. The first-order chi connectivity index (χ1) is 13.3. The second-order valence-corrected chi connectivity index (χ2v) is 6.59. The number of fused-ring (bicyclic) bond motifs is 1. The molecule has 1 aromatic carbocycles. The summed E-state index contributed by atoms with van der Waals surface area (Å²) in [5.74, 6) is -1.53. The minimum absolute atomic E-state index is 0.0511. The van der Waals surface area contributed by atoms with Gasteiger partial charge in [0.15, 0.2) is 6.10 Å². The van der Waals surface area contributed by atoms with Crippen LogP contribution in [-0.4, -0.2) is 37.6 Å². The molecule has 0 spiro atoms. The first-order valence-electron chi connectivity index (χ1n) is 8.37. The van der Waals surface area contributed by atoms with Gasteiger partial charge in [0, 0.05) is 22.0 Å². The second-order valence-electron chi connectivity index (χ2n) is 6.16. The Labute approximate surface area is 164 Å². The van der Waals surface area contributed by atoms with Crippen molar-refractivity contribution in [1.82, 2.24) is 19.6 Å². The van der Waals surface area contributed by atoms with Crippen LogP contribution in [-0.2, 0) is 20.7 Å². The number of hydrogen-bond donors (Lipinski definition) is 1. The summed E-state index contributed by atoms with van der Waals surface area (Å²) in [6.45, 7) is 4.95. The van der Waals surface area contributed by atoms with E-state index in [-0.39, 0.29) is 17.1 Å². The minimum Gasteiger partial charge on any atom is -0.452 e.